The van der Waals surface area contributed by atoms with Crippen LogP contribution >= 0.6 is 0 Å². The highest BCUT2D eigenvalue weighted by Crippen LogP contribution is 2.15. The average molecular weight is 284 g/mol. The van der Waals surface area contributed by atoms with E-state index in [1.807, 2.05) is 0 Å². The second-order valence-electron chi connectivity index (χ2n) is 4.51. The number of ketones is 2. The molecule has 21 heavy (non-hydrogen) atoms. The van der Waals surface area contributed by atoms with Crippen LogP contribution in [-0.4, -0.2) is 25.8 Å². The van der Waals surface area contributed by atoms with Gasteiger partial charge < -0.3 is 9.47 Å². The van der Waals surface area contributed by atoms with Crippen molar-refractivity contribution in [1.29, 1.82) is 0 Å². The first-order valence-corrected chi connectivity index (χ1v) is 6.48. The Bertz CT molecular complexity index is 644. The molecule has 0 bridgehead atoms. The van der Waals surface area contributed by atoms with Gasteiger partial charge in [0.25, 0.3) is 0 Å². The molecule has 0 aliphatic heterocycles. The fraction of sp³-hybridized carbons (Fsp3) is 0.176. The Labute approximate surface area is 123 Å². The first-order chi connectivity index (χ1) is 10.1. The Kier molecular flexibility index (Phi) is 4.72. The summed E-state index contributed by atoms with van der Waals surface area (Å²) in [6, 6.07) is 13.7. The average Bonchev–Trinajstić information content (AvgIpc) is 2.54. The molecule has 108 valence electrons. The minimum absolute atomic E-state index is 0.0695. The zero-order valence-electron chi connectivity index (χ0n) is 12.0. The van der Waals surface area contributed by atoms with Crippen molar-refractivity contribution in [3.05, 3.63) is 59.7 Å². The lowest BCUT2D eigenvalue weighted by molar-refractivity contribution is -0.114. The molecule has 2 aromatic carbocycles. The quantitative estimate of drug-likeness (QED) is 0.604. The van der Waals surface area contributed by atoms with Gasteiger partial charge in [0, 0.05) is 12.0 Å². The lowest BCUT2D eigenvalue weighted by atomic mass is 10.0. The molecule has 4 heteroatoms. The van der Waals surface area contributed by atoms with E-state index in [9.17, 15) is 9.59 Å². The van der Waals surface area contributed by atoms with Gasteiger partial charge in [0.1, 0.15) is 11.5 Å². The minimum atomic E-state index is -0.510. The van der Waals surface area contributed by atoms with Crippen LogP contribution in [0.3, 0.4) is 0 Å². The molecule has 2 rings (SSSR count). The van der Waals surface area contributed by atoms with Gasteiger partial charge in [0.15, 0.2) is 0 Å². The third-order valence-corrected chi connectivity index (χ3v) is 3.11. The fourth-order valence-electron chi connectivity index (χ4n) is 1.93. The highest BCUT2D eigenvalue weighted by molar-refractivity contribution is 6.44. The lowest BCUT2D eigenvalue weighted by Crippen LogP contribution is -2.16. The monoisotopic (exact) mass is 284 g/mol. The number of methoxy groups -OCH3 is 2. The Balaban J connectivity index is 2.09. The van der Waals surface area contributed by atoms with E-state index in [0.717, 1.165) is 5.56 Å². The van der Waals surface area contributed by atoms with Crippen molar-refractivity contribution in [1.82, 2.24) is 0 Å². The summed E-state index contributed by atoms with van der Waals surface area (Å²) >= 11 is 0. The number of carbonyl (C=O) groups is 2. The molecule has 0 fully saturated rings. The topological polar surface area (TPSA) is 52.6 Å². The van der Waals surface area contributed by atoms with Gasteiger partial charge in [0.2, 0.25) is 11.6 Å². The third-order valence-electron chi connectivity index (χ3n) is 3.11. The summed E-state index contributed by atoms with van der Waals surface area (Å²) in [5.74, 6) is 0.307. The molecule has 0 radical (unpaired) electrons. The number of benzene rings is 2. The third kappa shape index (κ3) is 3.69. The first-order valence-electron chi connectivity index (χ1n) is 6.48. The van der Waals surface area contributed by atoms with E-state index in [0.29, 0.717) is 17.1 Å². The fourth-order valence-corrected chi connectivity index (χ4v) is 1.93. The van der Waals surface area contributed by atoms with Crippen LogP contribution < -0.4 is 9.47 Å². The van der Waals surface area contributed by atoms with Crippen LogP contribution in [-0.2, 0) is 11.2 Å². The predicted octanol–water partition coefficient (Wildman–Crippen LogP) is 2.70. The largest absolute Gasteiger partial charge is 0.497 e. The normalized spacial score (nSPS) is 10.0. The van der Waals surface area contributed by atoms with Crippen LogP contribution in [0.1, 0.15) is 15.9 Å². The smallest absolute Gasteiger partial charge is 0.229 e. The summed E-state index contributed by atoms with van der Waals surface area (Å²) in [4.78, 5) is 24.2. The van der Waals surface area contributed by atoms with E-state index < -0.39 is 11.6 Å². The Morgan fingerprint density at radius 3 is 2.19 bits per heavy atom. The number of hydrogen-bond donors (Lipinski definition) is 0. The van der Waals surface area contributed by atoms with Crippen LogP contribution in [0.25, 0.3) is 0 Å². The molecule has 0 saturated heterocycles. The molecule has 0 spiro atoms. The Morgan fingerprint density at radius 1 is 0.905 bits per heavy atom. The number of Topliss-reactive ketones (excluding diaryl/α,β-unsaturated/α-hetero) is 2. The maximum Gasteiger partial charge on any atom is 0.229 e. The zero-order chi connectivity index (χ0) is 15.2. The van der Waals surface area contributed by atoms with Crippen molar-refractivity contribution in [2.75, 3.05) is 14.2 Å². The van der Waals surface area contributed by atoms with Gasteiger partial charge >= 0.3 is 0 Å². The van der Waals surface area contributed by atoms with Gasteiger partial charge in [-0.1, -0.05) is 24.3 Å². The molecule has 0 aliphatic carbocycles. The Hall–Kier alpha value is -2.62. The van der Waals surface area contributed by atoms with Crippen molar-refractivity contribution in [3.63, 3.8) is 0 Å². The molecular formula is C17H16O4. The first kappa shape index (κ1) is 14.8. The van der Waals surface area contributed by atoms with Crippen LogP contribution in [0.5, 0.6) is 11.5 Å². The molecule has 0 amide bonds. The summed E-state index contributed by atoms with van der Waals surface area (Å²) in [5.41, 5.74) is 1.12. The molecule has 0 aromatic heterocycles. The van der Waals surface area contributed by atoms with Crippen LogP contribution in [0, 0.1) is 0 Å². The Morgan fingerprint density at radius 2 is 1.57 bits per heavy atom. The van der Waals surface area contributed by atoms with E-state index in [2.05, 4.69) is 0 Å². The number of ether oxygens (including phenoxy) is 2. The van der Waals surface area contributed by atoms with Crippen LogP contribution in [0.4, 0.5) is 0 Å². The van der Waals surface area contributed by atoms with Gasteiger partial charge in [-0.05, 0) is 29.8 Å². The SMILES string of the molecule is COc1ccc(CC(=O)C(=O)c2cccc(OC)c2)cc1. The van der Waals surface area contributed by atoms with E-state index in [1.165, 1.54) is 7.11 Å². The highest BCUT2D eigenvalue weighted by Gasteiger charge is 2.17. The predicted molar refractivity (Wildman–Crippen MR) is 79.0 cm³/mol. The second kappa shape index (κ2) is 6.70. The standard InChI is InChI=1S/C17H16O4/c1-20-14-8-6-12(7-9-14)10-16(18)17(19)13-4-3-5-15(11-13)21-2/h3-9,11H,10H2,1-2H3. The van der Waals surface area contributed by atoms with E-state index >= 15 is 0 Å². The van der Waals surface area contributed by atoms with Gasteiger partial charge in [-0.2, -0.15) is 0 Å². The van der Waals surface area contributed by atoms with Crippen LogP contribution in [0.15, 0.2) is 48.5 Å². The molecule has 0 atom stereocenters. The summed E-state index contributed by atoms with van der Waals surface area (Å²) in [6.07, 6.45) is 0.0695. The van der Waals surface area contributed by atoms with Crippen molar-refractivity contribution < 1.29 is 19.1 Å². The number of rotatable bonds is 6. The van der Waals surface area contributed by atoms with Gasteiger partial charge in [-0.15, -0.1) is 0 Å². The van der Waals surface area contributed by atoms with Crippen molar-refractivity contribution in [2.24, 2.45) is 0 Å². The molecule has 4 nitrogen and oxygen atoms in total. The summed E-state index contributed by atoms with van der Waals surface area (Å²) in [6.45, 7) is 0. The summed E-state index contributed by atoms with van der Waals surface area (Å²) in [7, 11) is 3.09. The molecule has 2 aromatic rings. The number of carbonyl (C=O) groups excluding carboxylic acids is 2. The van der Waals surface area contributed by atoms with Crippen LogP contribution in [0.2, 0.25) is 0 Å². The van der Waals surface area contributed by atoms with Gasteiger partial charge in [-0.3, -0.25) is 9.59 Å². The van der Waals surface area contributed by atoms with Crippen molar-refractivity contribution >= 4 is 11.6 Å². The molecule has 0 unspecified atom stereocenters. The summed E-state index contributed by atoms with van der Waals surface area (Å²) < 4.78 is 10.1. The lowest BCUT2D eigenvalue weighted by Gasteiger charge is -2.04. The number of hydrogen-bond acceptors (Lipinski definition) is 4. The maximum absolute atomic E-state index is 12.1. The molecule has 0 heterocycles. The molecular weight excluding hydrogens is 268 g/mol. The molecule has 0 aliphatic rings. The second-order valence-corrected chi connectivity index (χ2v) is 4.51. The minimum Gasteiger partial charge on any atom is -0.497 e. The molecule has 0 saturated carbocycles. The maximum atomic E-state index is 12.1. The molecule has 0 N–H and O–H groups in total. The van der Waals surface area contributed by atoms with E-state index in [4.69, 9.17) is 9.47 Å². The van der Waals surface area contributed by atoms with Gasteiger partial charge in [-0.25, -0.2) is 0 Å². The van der Waals surface area contributed by atoms with E-state index in [-0.39, 0.29) is 6.42 Å². The summed E-state index contributed by atoms with van der Waals surface area (Å²) in [5, 5.41) is 0. The zero-order valence-corrected chi connectivity index (χ0v) is 12.0. The van der Waals surface area contributed by atoms with Crippen molar-refractivity contribution in [2.45, 2.75) is 6.42 Å². The van der Waals surface area contributed by atoms with Gasteiger partial charge in [0.05, 0.1) is 14.2 Å². The highest BCUT2D eigenvalue weighted by atomic mass is 16.5. The van der Waals surface area contributed by atoms with E-state index in [1.54, 1.807) is 55.6 Å². The van der Waals surface area contributed by atoms with Crippen molar-refractivity contribution in [3.8, 4) is 11.5 Å².